The Morgan fingerprint density at radius 2 is 2.10 bits per heavy atom. The second kappa shape index (κ2) is 5.98. The molecule has 0 radical (unpaired) electrons. The zero-order valence-corrected chi connectivity index (χ0v) is 12.2. The highest BCUT2D eigenvalue weighted by Crippen LogP contribution is 2.27. The molecule has 0 aliphatic carbocycles. The first-order valence-corrected chi connectivity index (χ1v) is 6.51. The van der Waals surface area contributed by atoms with Gasteiger partial charge in [-0.05, 0) is 34.1 Å². The number of nitro benzene ring substituents is 1. The van der Waals surface area contributed by atoms with Crippen LogP contribution in [0.5, 0.6) is 0 Å². The van der Waals surface area contributed by atoms with Gasteiger partial charge in [-0.25, -0.2) is 4.98 Å². The maximum Gasteiger partial charge on any atom is 0.271 e. The lowest BCUT2D eigenvalue weighted by Crippen LogP contribution is -2.12. The minimum atomic E-state index is -0.558. The van der Waals surface area contributed by atoms with Crippen LogP contribution in [0.2, 0.25) is 5.02 Å². The summed E-state index contributed by atoms with van der Waals surface area (Å²) in [5, 5.41) is 13.3. The summed E-state index contributed by atoms with van der Waals surface area (Å²) in [6.07, 6.45) is 1.48. The first kappa shape index (κ1) is 14.4. The topological polar surface area (TPSA) is 85.1 Å². The SMILES string of the molecule is O=C(Nc1ccc([N+](=O)[O-])cc1Cl)c1ccnc(Br)c1. The first-order chi connectivity index (χ1) is 9.47. The number of nitrogens with zero attached hydrogens (tertiary/aromatic N) is 2. The summed E-state index contributed by atoms with van der Waals surface area (Å²) in [5.74, 6) is -0.385. The van der Waals surface area contributed by atoms with Gasteiger partial charge in [-0.3, -0.25) is 14.9 Å². The number of non-ortho nitro benzene ring substituents is 1. The highest BCUT2D eigenvalue weighted by Gasteiger charge is 2.12. The van der Waals surface area contributed by atoms with E-state index < -0.39 is 4.92 Å². The number of halogens is 2. The third kappa shape index (κ3) is 3.31. The number of nitrogens with one attached hydrogen (secondary N) is 1. The molecule has 0 unspecified atom stereocenters. The van der Waals surface area contributed by atoms with Gasteiger partial charge < -0.3 is 5.32 Å². The van der Waals surface area contributed by atoms with E-state index in [1.54, 1.807) is 12.1 Å². The van der Waals surface area contributed by atoms with Gasteiger partial charge in [0.25, 0.3) is 11.6 Å². The van der Waals surface area contributed by atoms with Crippen molar-refractivity contribution >= 4 is 44.8 Å². The second-order valence-corrected chi connectivity index (χ2v) is 4.96. The molecular formula is C12H7BrClN3O3. The van der Waals surface area contributed by atoms with Gasteiger partial charge in [-0.1, -0.05) is 11.6 Å². The van der Waals surface area contributed by atoms with E-state index in [1.807, 2.05) is 0 Å². The summed E-state index contributed by atoms with van der Waals surface area (Å²) < 4.78 is 0.528. The molecule has 20 heavy (non-hydrogen) atoms. The van der Waals surface area contributed by atoms with Crippen LogP contribution in [0.1, 0.15) is 10.4 Å². The molecule has 1 heterocycles. The standard InChI is InChI=1S/C12H7BrClN3O3/c13-11-5-7(3-4-15-11)12(18)16-10-2-1-8(17(19)20)6-9(10)14/h1-6H,(H,16,18). The largest absolute Gasteiger partial charge is 0.321 e. The number of benzene rings is 1. The van der Waals surface area contributed by atoms with Crippen molar-refractivity contribution in [2.75, 3.05) is 5.32 Å². The van der Waals surface area contributed by atoms with Crippen LogP contribution in [-0.4, -0.2) is 15.8 Å². The van der Waals surface area contributed by atoms with Crippen molar-refractivity contribution in [1.82, 2.24) is 4.98 Å². The zero-order valence-electron chi connectivity index (χ0n) is 9.84. The predicted molar refractivity (Wildman–Crippen MR) is 78.0 cm³/mol. The van der Waals surface area contributed by atoms with E-state index in [-0.39, 0.29) is 16.6 Å². The smallest absolute Gasteiger partial charge is 0.271 e. The lowest BCUT2D eigenvalue weighted by molar-refractivity contribution is -0.384. The van der Waals surface area contributed by atoms with Crippen molar-refractivity contribution in [3.63, 3.8) is 0 Å². The van der Waals surface area contributed by atoms with Crippen LogP contribution in [0.15, 0.2) is 41.1 Å². The zero-order chi connectivity index (χ0) is 14.7. The summed E-state index contributed by atoms with van der Waals surface area (Å²) in [6.45, 7) is 0. The number of aromatic nitrogens is 1. The maximum atomic E-state index is 12.0. The molecule has 0 atom stereocenters. The molecule has 8 heteroatoms. The van der Waals surface area contributed by atoms with Crippen LogP contribution in [0.4, 0.5) is 11.4 Å². The Bertz CT molecular complexity index is 693. The molecule has 1 N–H and O–H groups in total. The van der Waals surface area contributed by atoms with Crippen LogP contribution in [0.25, 0.3) is 0 Å². The molecular weight excluding hydrogens is 350 g/mol. The third-order valence-electron chi connectivity index (χ3n) is 2.40. The summed E-state index contributed by atoms with van der Waals surface area (Å²) >= 11 is 9.06. The number of hydrogen-bond acceptors (Lipinski definition) is 4. The fraction of sp³-hybridized carbons (Fsp3) is 0. The number of hydrogen-bond donors (Lipinski definition) is 1. The predicted octanol–water partition coefficient (Wildman–Crippen LogP) is 3.66. The van der Waals surface area contributed by atoms with Gasteiger partial charge in [0.05, 0.1) is 15.6 Å². The summed E-state index contributed by atoms with van der Waals surface area (Å²) in [6, 6.07) is 6.92. The van der Waals surface area contributed by atoms with E-state index in [9.17, 15) is 14.9 Å². The van der Waals surface area contributed by atoms with E-state index in [0.29, 0.717) is 15.9 Å². The Morgan fingerprint density at radius 1 is 1.35 bits per heavy atom. The van der Waals surface area contributed by atoms with E-state index in [2.05, 4.69) is 26.2 Å². The quantitative estimate of drug-likeness (QED) is 0.516. The number of nitro groups is 1. The van der Waals surface area contributed by atoms with Crippen LogP contribution in [0, 0.1) is 10.1 Å². The third-order valence-corrected chi connectivity index (χ3v) is 3.15. The summed E-state index contributed by atoms with van der Waals surface area (Å²) in [5.41, 5.74) is 0.552. The second-order valence-electron chi connectivity index (χ2n) is 3.74. The van der Waals surface area contributed by atoms with Gasteiger partial charge in [0.15, 0.2) is 0 Å². The first-order valence-electron chi connectivity index (χ1n) is 5.34. The Hall–Kier alpha value is -1.99. The highest BCUT2D eigenvalue weighted by atomic mass is 79.9. The summed E-state index contributed by atoms with van der Waals surface area (Å²) in [4.78, 5) is 25.9. The molecule has 2 rings (SSSR count). The molecule has 1 amide bonds. The molecule has 0 aliphatic rings. The van der Waals surface area contributed by atoms with Crippen LogP contribution >= 0.6 is 27.5 Å². The van der Waals surface area contributed by atoms with Crippen molar-refractivity contribution in [2.45, 2.75) is 0 Å². The molecule has 0 spiro atoms. The fourth-order valence-corrected chi connectivity index (χ4v) is 2.04. The molecule has 0 bridgehead atoms. The summed E-state index contributed by atoms with van der Waals surface area (Å²) in [7, 11) is 0. The normalized spacial score (nSPS) is 10.1. The van der Waals surface area contributed by atoms with Gasteiger partial charge in [0.1, 0.15) is 4.60 Å². The average Bonchev–Trinajstić information content (AvgIpc) is 2.40. The van der Waals surface area contributed by atoms with E-state index in [0.717, 1.165) is 0 Å². The van der Waals surface area contributed by atoms with E-state index in [4.69, 9.17) is 11.6 Å². The highest BCUT2D eigenvalue weighted by molar-refractivity contribution is 9.10. The van der Waals surface area contributed by atoms with Crippen molar-refractivity contribution in [1.29, 1.82) is 0 Å². The average molecular weight is 357 g/mol. The Morgan fingerprint density at radius 3 is 2.70 bits per heavy atom. The molecule has 1 aromatic heterocycles. The number of carbonyl (C=O) groups excluding carboxylic acids is 1. The van der Waals surface area contributed by atoms with Gasteiger partial charge >= 0.3 is 0 Å². The van der Waals surface area contributed by atoms with Gasteiger partial charge in [-0.15, -0.1) is 0 Å². The Kier molecular flexibility index (Phi) is 4.31. The molecule has 6 nitrogen and oxygen atoms in total. The Labute approximate surface area is 127 Å². The van der Waals surface area contributed by atoms with Crippen molar-refractivity contribution in [3.8, 4) is 0 Å². The number of pyridine rings is 1. The van der Waals surface area contributed by atoms with Gasteiger partial charge in [0.2, 0.25) is 0 Å². The minimum Gasteiger partial charge on any atom is -0.321 e. The van der Waals surface area contributed by atoms with Crippen molar-refractivity contribution < 1.29 is 9.72 Å². The molecule has 0 saturated carbocycles. The van der Waals surface area contributed by atoms with Crippen molar-refractivity contribution in [3.05, 3.63) is 61.8 Å². The van der Waals surface area contributed by atoms with Crippen molar-refractivity contribution in [2.24, 2.45) is 0 Å². The van der Waals surface area contributed by atoms with Gasteiger partial charge in [-0.2, -0.15) is 0 Å². The lowest BCUT2D eigenvalue weighted by Gasteiger charge is -2.07. The van der Waals surface area contributed by atoms with Gasteiger partial charge in [0, 0.05) is 23.9 Å². The number of carbonyl (C=O) groups is 1. The number of rotatable bonds is 3. The molecule has 0 aliphatic heterocycles. The van der Waals surface area contributed by atoms with Crippen LogP contribution < -0.4 is 5.32 Å². The molecule has 1 aromatic carbocycles. The Balaban J connectivity index is 2.22. The molecule has 102 valence electrons. The van der Waals surface area contributed by atoms with E-state index >= 15 is 0 Å². The molecule has 0 saturated heterocycles. The fourth-order valence-electron chi connectivity index (χ4n) is 1.46. The maximum absolute atomic E-state index is 12.0. The monoisotopic (exact) mass is 355 g/mol. The van der Waals surface area contributed by atoms with Crippen LogP contribution in [0.3, 0.4) is 0 Å². The van der Waals surface area contributed by atoms with Crippen LogP contribution in [-0.2, 0) is 0 Å². The number of amides is 1. The molecule has 0 fully saturated rings. The minimum absolute atomic E-state index is 0.0978. The molecule has 2 aromatic rings. The lowest BCUT2D eigenvalue weighted by atomic mass is 10.2. The van der Waals surface area contributed by atoms with E-state index in [1.165, 1.54) is 24.4 Å². The number of anilines is 1.